The van der Waals surface area contributed by atoms with Gasteiger partial charge in [0.05, 0.1) is 29.1 Å². The van der Waals surface area contributed by atoms with Crippen molar-refractivity contribution in [1.29, 1.82) is 0 Å². The van der Waals surface area contributed by atoms with Crippen molar-refractivity contribution in [2.75, 3.05) is 65.8 Å². The Kier molecular flexibility index (Phi) is 12.9. The number of carbonyl (C=O) groups is 2. The summed E-state index contributed by atoms with van der Waals surface area (Å²) in [6.45, 7) is 9.75. The second-order valence-corrected chi connectivity index (χ2v) is 13.4. The highest BCUT2D eigenvalue weighted by Crippen LogP contribution is 2.33. The van der Waals surface area contributed by atoms with Crippen molar-refractivity contribution in [2.45, 2.75) is 20.4 Å². The smallest absolute Gasteiger partial charge is 0.253 e. The summed E-state index contributed by atoms with van der Waals surface area (Å²) >= 11 is 1.56. The molecule has 0 aliphatic carbocycles. The number of amides is 2. The number of nitrogens with one attached hydrogen (secondary N) is 3. The molecule has 266 valence electrons. The van der Waals surface area contributed by atoms with E-state index in [1.807, 2.05) is 85.7 Å². The van der Waals surface area contributed by atoms with Gasteiger partial charge in [-0.1, -0.05) is 50.2 Å². The van der Waals surface area contributed by atoms with E-state index in [-0.39, 0.29) is 11.3 Å². The third-order valence-electron chi connectivity index (χ3n) is 8.76. The van der Waals surface area contributed by atoms with Crippen molar-refractivity contribution < 1.29 is 14.3 Å². The first-order chi connectivity index (χ1) is 24.8. The molecule has 6 rings (SSSR count). The summed E-state index contributed by atoms with van der Waals surface area (Å²) in [6, 6.07) is 25.2. The van der Waals surface area contributed by atoms with Gasteiger partial charge in [-0.15, -0.1) is 11.3 Å². The van der Waals surface area contributed by atoms with Crippen LogP contribution in [-0.2, 0) is 11.3 Å². The van der Waals surface area contributed by atoms with Gasteiger partial charge < -0.3 is 30.5 Å². The average Bonchev–Trinajstić information content (AvgIpc) is 3.15. The summed E-state index contributed by atoms with van der Waals surface area (Å²) in [5.41, 5.74) is 4.02. The second kappa shape index (κ2) is 17.7. The zero-order chi connectivity index (χ0) is 36.3. The number of carbonyl (C=O) groups excluding carboxylic acids is 2. The number of anilines is 1. The molecule has 51 heavy (non-hydrogen) atoms. The molecule has 2 aromatic heterocycles. The topological polar surface area (TPSA) is 116 Å². The summed E-state index contributed by atoms with van der Waals surface area (Å²) in [7, 11) is 5.56. The molecule has 0 saturated heterocycles. The van der Waals surface area contributed by atoms with Gasteiger partial charge in [-0.2, -0.15) is 0 Å². The van der Waals surface area contributed by atoms with Crippen molar-refractivity contribution in [3.8, 4) is 5.75 Å². The van der Waals surface area contributed by atoms with Gasteiger partial charge in [0.2, 0.25) is 6.41 Å². The number of ether oxygens (including phenoxy) is 1. The van der Waals surface area contributed by atoms with Crippen molar-refractivity contribution in [3.05, 3.63) is 100 Å². The highest BCUT2D eigenvalue weighted by molar-refractivity contribution is 7.24. The standard InChI is InChI=1S/C22H27N3O3S.C18H19N3O/c1-4-25(5-2)11-10-24-18-8-6-15(13-23-14-26)22-20(18)21(27)17-12-16(28-3)7-9-19(17)29-22;1-21(2)11-10-19-18(22)15-8-5-7-14-12-13-6-3-4-9-16(13)20-17(14)15/h6-9,12,14,24H,4-5,10-11,13H2,1-3H3,(H,23,26);3-9,12H,10-11H2,1-2H3,(H,19,22). The van der Waals surface area contributed by atoms with E-state index in [0.29, 0.717) is 41.6 Å². The predicted molar refractivity (Wildman–Crippen MR) is 211 cm³/mol. The fraction of sp³-hybridized carbons (Fsp3) is 0.300. The lowest BCUT2D eigenvalue weighted by Gasteiger charge is -2.19. The molecule has 6 aromatic rings. The normalized spacial score (nSPS) is 11.2. The molecule has 0 atom stereocenters. The Balaban J connectivity index is 0.000000205. The van der Waals surface area contributed by atoms with Gasteiger partial charge in [0.25, 0.3) is 5.91 Å². The first kappa shape index (κ1) is 37.2. The van der Waals surface area contributed by atoms with Crippen LogP contribution in [0.2, 0.25) is 0 Å². The molecule has 0 fully saturated rings. The van der Waals surface area contributed by atoms with Crippen molar-refractivity contribution in [3.63, 3.8) is 0 Å². The van der Waals surface area contributed by atoms with E-state index in [9.17, 15) is 14.4 Å². The monoisotopic (exact) mass is 706 g/mol. The number of likely N-dealkylation sites (N-methyl/N-ethyl adjacent to an activating group) is 2. The van der Waals surface area contributed by atoms with Crippen LogP contribution in [0.25, 0.3) is 42.0 Å². The molecule has 0 spiro atoms. The van der Waals surface area contributed by atoms with Crippen LogP contribution in [0.3, 0.4) is 0 Å². The molecular weight excluding hydrogens is 661 g/mol. The number of aromatic nitrogens is 1. The summed E-state index contributed by atoms with van der Waals surface area (Å²) < 4.78 is 7.11. The lowest BCUT2D eigenvalue weighted by molar-refractivity contribution is -0.109. The number of benzene rings is 4. The van der Waals surface area contributed by atoms with Crippen molar-refractivity contribution >= 4 is 71.3 Å². The Morgan fingerprint density at radius 1 is 0.922 bits per heavy atom. The van der Waals surface area contributed by atoms with Crippen LogP contribution in [0, 0.1) is 0 Å². The molecule has 0 radical (unpaired) electrons. The summed E-state index contributed by atoms with van der Waals surface area (Å²) in [6.07, 6.45) is 0.677. The molecule has 0 aliphatic heterocycles. The Hall–Kier alpha value is -5.10. The van der Waals surface area contributed by atoms with Gasteiger partial charge in [0.1, 0.15) is 5.75 Å². The van der Waals surface area contributed by atoms with E-state index in [1.54, 1.807) is 24.5 Å². The molecule has 4 aromatic carbocycles. The molecule has 2 heterocycles. The Morgan fingerprint density at radius 3 is 2.45 bits per heavy atom. The van der Waals surface area contributed by atoms with Crippen molar-refractivity contribution in [1.82, 2.24) is 25.4 Å². The Bertz CT molecular complexity index is 2200. The molecule has 0 unspecified atom stereocenters. The number of nitrogens with zero attached hydrogens (tertiary/aromatic N) is 3. The molecular formula is C40H46N6O4S. The zero-order valence-electron chi connectivity index (χ0n) is 29.9. The highest BCUT2D eigenvalue weighted by Gasteiger charge is 2.15. The molecule has 0 bridgehead atoms. The SMILES string of the molecule is CCN(CC)CCNc1ccc(CNC=O)c2sc3ccc(OC)cc3c(=O)c12.CN(C)CCNC(=O)c1cccc2cc3ccccc3nc12. The minimum atomic E-state index is -0.0739. The molecule has 0 saturated carbocycles. The third-order valence-corrected chi connectivity index (χ3v) is 10.0. The van der Waals surface area contributed by atoms with Gasteiger partial charge in [-0.3, -0.25) is 14.4 Å². The number of para-hydroxylation sites is 2. The molecule has 3 N–H and O–H groups in total. The summed E-state index contributed by atoms with van der Waals surface area (Å²) in [5, 5.41) is 12.5. The van der Waals surface area contributed by atoms with Crippen LogP contribution in [0.4, 0.5) is 5.69 Å². The Labute approximate surface area is 302 Å². The highest BCUT2D eigenvalue weighted by atomic mass is 32.1. The van der Waals surface area contributed by atoms with Gasteiger partial charge in [-0.05, 0) is 75.2 Å². The molecule has 0 aliphatic rings. The van der Waals surface area contributed by atoms with E-state index in [4.69, 9.17) is 4.74 Å². The van der Waals surface area contributed by atoms with Gasteiger partial charge >= 0.3 is 0 Å². The first-order valence-electron chi connectivity index (χ1n) is 17.2. The fourth-order valence-electron chi connectivity index (χ4n) is 5.92. The Morgan fingerprint density at radius 2 is 1.71 bits per heavy atom. The van der Waals surface area contributed by atoms with Crippen LogP contribution in [-0.4, -0.2) is 87.6 Å². The van der Waals surface area contributed by atoms with Crippen LogP contribution in [0.1, 0.15) is 29.8 Å². The van der Waals surface area contributed by atoms with E-state index in [2.05, 4.69) is 45.7 Å². The maximum Gasteiger partial charge on any atom is 0.253 e. The minimum Gasteiger partial charge on any atom is -0.497 e. The largest absolute Gasteiger partial charge is 0.497 e. The van der Waals surface area contributed by atoms with Crippen LogP contribution < -0.4 is 26.1 Å². The lowest BCUT2D eigenvalue weighted by Crippen LogP contribution is -2.31. The molecule has 2 amide bonds. The average molecular weight is 707 g/mol. The molecule has 10 nitrogen and oxygen atoms in total. The van der Waals surface area contributed by atoms with E-state index in [1.165, 1.54) is 0 Å². The minimum absolute atomic E-state index is 0.0223. The maximum absolute atomic E-state index is 13.4. The number of rotatable bonds is 14. The predicted octanol–water partition coefficient (Wildman–Crippen LogP) is 6.10. The van der Waals surface area contributed by atoms with Crippen LogP contribution >= 0.6 is 11.3 Å². The number of pyridine rings is 1. The van der Waals surface area contributed by atoms with E-state index in [0.717, 1.165) is 75.2 Å². The van der Waals surface area contributed by atoms with Crippen molar-refractivity contribution in [2.24, 2.45) is 0 Å². The third kappa shape index (κ3) is 8.99. The number of hydrogen-bond acceptors (Lipinski definition) is 9. The summed E-state index contributed by atoms with van der Waals surface area (Å²) in [5.74, 6) is 0.589. The quantitative estimate of drug-likeness (QED) is 0.0920. The zero-order valence-corrected chi connectivity index (χ0v) is 30.7. The summed E-state index contributed by atoms with van der Waals surface area (Å²) in [4.78, 5) is 45.7. The van der Waals surface area contributed by atoms with Crippen LogP contribution in [0.15, 0.2) is 83.7 Å². The molecule has 11 heteroatoms. The van der Waals surface area contributed by atoms with Gasteiger partial charge in [0, 0.05) is 64.0 Å². The number of hydrogen-bond donors (Lipinski definition) is 3. The lowest BCUT2D eigenvalue weighted by atomic mass is 10.1. The number of methoxy groups -OCH3 is 1. The van der Waals surface area contributed by atoms with Gasteiger partial charge in [0.15, 0.2) is 5.43 Å². The maximum atomic E-state index is 13.4. The van der Waals surface area contributed by atoms with E-state index >= 15 is 0 Å². The fourth-order valence-corrected chi connectivity index (χ4v) is 7.11. The number of fused-ring (bicyclic) bond motifs is 4. The van der Waals surface area contributed by atoms with Gasteiger partial charge in [-0.25, -0.2) is 4.98 Å². The second-order valence-electron chi connectivity index (χ2n) is 12.3. The van der Waals surface area contributed by atoms with E-state index < -0.39 is 0 Å². The van der Waals surface area contributed by atoms with Crippen LogP contribution in [0.5, 0.6) is 5.75 Å². The first-order valence-corrected chi connectivity index (χ1v) is 18.0.